The van der Waals surface area contributed by atoms with Crippen molar-refractivity contribution in [1.82, 2.24) is 10.9 Å². The van der Waals surface area contributed by atoms with E-state index in [0.717, 1.165) is 19.3 Å². The zero-order valence-corrected chi connectivity index (χ0v) is 11.8. The smallest absolute Gasteiger partial charge is 0.269 e. The van der Waals surface area contributed by atoms with Gasteiger partial charge in [-0.3, -0.25) is 15.6 Å². The molecule has 19 heavy (non-hydrogen) atoms. The Morgan fingerprint density at radius 3 is 2.84 bits per heavy atom. The van der Waals surface area contributed by atoms with Crippen LogP contribution in [-0.2, 0) is 0 Å². The van der Waals surface area contributed by atoms with Crippen LogP contribution in [0.2, 0.25) is 0 Å². The second kappa shape index (κ2) is 8.31. The number of benzene rings is 1. The van der Waals surface area contributed by atoms with E-state index in [4.69, 9.17) is 10.5 Å². The predicted octanol–water partition coefficient (Wildman–Crippen LogP) is 1.73. The first-order valence-corrected chi connectivity index (χ1v) is 6.63. The average molecular weight is 281 g/mol. The zero-order valence-electron chi connectivity index (χ0n) is 10.9. The number of carbonyl (C=O) groups excluding carboxylic acids is 1. The van der Waals surface area contributed by atoms with Gasteiger partial charge in [-0.1, -0.05) is 25.8 Å². The molecule has 4 N–H and O–H groups in total. The Balaban J connectivity index is 2.51. The summed E-state index contributed by atoms with van der Waals surface area (Å²) in [6.07, 6.45) is 3.30. The summed E-state index contributed by atoms with van der Waals surface area (Å²) in [5.41, 5.74) is 10.5. The maximum absolute atomic E-state index is 11.7. The molecule has 0 spiro atoms. The van der Waals surface area contributed by atoms with Crippen molar-refractivity contribution < 1.29 is 9.53 Å². The summed E-state index contributed by atoms with van der Waals surface area (Å²) < 4.78 is 5.57. The molecule has 0 saturated carbocycles. The fourth-order valence-corrected chi connectivity index (χ4v) is 1.51. The highest BCUT2D eigenvalue weighted by Gasteiger charge is 2.06. The Kier molecular flexibility index (Phi) is 6.67. The fraction of sp³-hybridized carbons (Fsp3) is 0.385. The standard InChI is InChI=1S/C13H19N3O2S/c1-2-3-4-8-18-11-7-5-6-10(9-11)12(17)15-16-13(14)19/h5-7,9H,2-4,8H2,1H3,(H,15,17)(H3,14,16,19). The van der Waals surface area contributed by atoms with E-state index < -0.39 is 0 Å². The van der Waals surface area contributed by atoms with Gasteiger partial charge in [0.1, 0.15) is 5.75 Å². The summed E-state index contributed by atoms with van der Waals surface area (Å²) in [5, 5.41) is 0.0142. The van der Waals surface area contributed by atoms with Crippen molar-refractivity contribution in [3.05, 3.63) is 29.8 Å². The number of nitrogens with two attached hydrogens (primary N) is 1. The molecule has 0 fully saturated rings. The van der Waals surface area contributed by atoms with Crippen LogP contribution in [0.1, 0.15) is 36.5 Å². The number of unbranched alkanes of at least 4 members (excludes halogenated alkanes) is 2. The highest BCUT2D eigenvalue weighted by atomic mass is 32.1. The third-order valence-corrected chi connectivity index (χ3v) is 2.51. The first-order chi connectivity index (χ1) is 9.13. The third-order valence-electron chi connectivity index (χ3n) is 2.41. The van der Waals surface area contributed by atoms with Crippen LogP contribution in [0.5, 0.6) is 5.75 Å². The maximum Gasteiger partial charge on any atom is 0.269 e. The van der Waals surface area contributed by atoms with E-state index in [1.165, 1.54) is 0 Å². The molecule has 1 rings (SSSR count). The Bertz CT molecular complexity index is 438. The number of ether oxygens (including phenoxy) is 1. The van der Waals surface area contributed by atoms with Crippen LogP contribution >= 0.6 is 12.2 Å². The summed E-state index contributed by atoms with van der Waals surface area (Å²) in [4.78, 5) is 11.7. The minimum absolute atomic E-state index is 0.0142. The molecule has 1 aromatic rings. The molecule has 0 saturated heterocycles. The van der Waals surface area contributed by atoms with Gasteiger partial charge >= 0.3 is 0 Å². The number of hydrazine groups is 1. The van der Waals surface area contributed by atoms with E-state index >= 15 is 0 Å². The van der Waals surface area contributed by atoms with Gasteiger partial charge in [-0.2, -0.15) is 0 Å². The monoisotopic (exact) mass is 281 g/mol. The lowest BCUT2D eigenvalue weighted by Crippen LogP contribution is -2.44. The summed E-state index contributed by atoms with van der Waals surface area (Å²) in [5.74, 6) is 0.367. The van der Waals surface area contributed by atoms with E-state index in [2.05, 4.69) is 30.0 Å². The lowest BCUT2D eigenvalue weighted by molar-refractivity contribution is 0.0943. The van der Waals surface area contributed by atoms with Crippen molar-refractivity contribution in [2.75, 3.05) is 6.61 Å². The molecular weight excluding hydrogens is 262 g/mol. The van der Waals surface area contributed by atoms with Crippen LogP contribution in [-0.4, -0.2) is 17.6 Å². The van der Waals surface area contributed by atoms with Crippen molar-refractivity contribution in [3.8, 4) is 5.75 Å². The molecule has 0 unspecified atom stereocenters. The summed E-state index contributed by atoms with van der Waals surface area (Å²) in [6, 6.07) is 6.96. The van der Waals surface area contributed by atoms with Crippen LogP contribution in [0, 0.1) is 0 Å². The fourth-order valence-electron chi connectivity index (χ4n) is 1.46. The lowest BCUT2D eigenvalue weighted by atomic mass is 10.2. The van der Waals surface area contributed by atoms with Gasteiger partial charge in [0.2, 0.25) is 0 Å². The Morgan fingerprint density at radius 2 is 2.16 bits per heavy atom. The van der Waals surface area contributed by atoms with Gasteiger partial charge in [0.25, 0.3) is 5.91 Å². The molecule has 0 radical (unpaired) electrons. The summed E-state index contributed by atoms with van der Waals surface area (Å²) >= 11 is 4.60. The zero-order chi connectivity index (χ0) is 14.1. The molecule has 0 aliphatic rings. The van der Waals surface area contributed by atoms with Gasteiger partial charge in [0.15, 0.2) is 5.11 Å². The largest absolute Gasteiger partial charge is 0.494 e. The highest BCUT2D eigenvalue weighted by molar-refractivity contribution is 7.80. The molecule has 0 atom stereocenters. The number of hydrogen-bond donors (Lipinski definition) is 3. The van der Waals surface area contributed by atoms with Crippen molar-refractivity contribution in [2.24, 2.45) is 5.73 Å². The normalized spacial score (nSPS) is 9.74. The van der Waals surface area contributed by atoms with Gasteiger partial charge in [0.05, 0.1) is 6.61 Å². The van der Waals surface area contributed by atoms with Crippen LogP contribution in [0.3, 0.4) is 0 Å². The molecule has 104 valence electrons. The van der Waals surface area contributed by atoms with Crippen LogP contribution in [0.25, 0.3) is 0 Å². The van der Waals surface area contributed by atoms with E-state index in [0.29, 0.717) is 17.9 Å². The van der Waals surface area contributed by atoms with Gasteiger partial charge in [-0.05, 0) is 36.8 Å². The van der Waals surface area contributed by atoms with E-state index in [1.54, 1.807) is 18.2 Å². The summed E-state index contributed by atoms with van der Waals surface area (Å²) in [6.45, 7) is 2.80. The number of rotatable bonds is 6. The second-order valence-corrected chi connectivity index (χ2v) is 4.47. The molecule has 1 aromatic carbocycles. The molecule has 0 aromatic heterocycles. The third kappa shape index (κ3) is 6.05. The van der Waals surface area contributed by atoms with Gasteiger partial charge in [-0.15, -0.1) is 0 Å². The average Bonchev–Trinajstić information content (AvgIpc) is 2.41. The summed E-state index contributed by atoms with van der Waals surface area (Å²) in [7, 11) is 0. The SMILES string of the molecule is CCCCCOc1cccc(C(=O)NNC(N)=S)c1. The van der Waals surface area contributed by atoms with Crippen molar-refractivity contribution >= 4 is 23.2 Å². The number of nitrogens with one attached hydrogen (secondary N) is 2. The van der Waals surface area contributed by atoms with E-state index in [9.17, 15) is 4.79 Å². The van der Waals surface area contributed by atoms with Crippen molar-refractivity contribution in [1.29, 1.82) is 0 Å². The minimum Gasteiger partial charge on any atom is -0.494 e. The van der Waals surface area contributed by atoms with Crippen LogP contribution in [0.4, 0.5) is 0 Å². The predicted molar refractivity (Wildman–Crippen MR) is 78.8 cm³/mol. The number of amides is 1. The van der Waals surface area contributed by atoms with Gasteiger partial charge in [0, 0.05) is 5.56 Å². The number of thiocarbonyl (C=S) groups is 1. The first kappa shape index (κ1) is 15.2. The van der Waals surface area contributed by atoms with E-state index in [-0.39, 0.29) is 11.0 Å². The Morgan fingerprint density at radius 1 is 1.37 bits per heavy atom. The molecule has 0 aliphatic carbocycles. The molecular formula is C13H19N3O2S. The quantitative estimate of drug-likeness (QED) is 0.420. The van der Waals surface area contributed by atoms with Crippen molar-refractivity contribution in [3.63, 3.8) is 0 Å². The van der Waals surface area contributed by atoms with Crippen molar-refractivity contribution in [2.45, 2.75) is 26.2 Å². The maximum atomic E-state index is 11.7. The molecule has 6 heteroatoms. The molecule has 5 nitrogen and oxygen atoms in total. The molecule has 0 aliphatic heterocycles. The van der Waals surface area contributed by atoms with Gasteiger partial charge in [-0.25, -0.2) is 0 Å². The number of carbonyl (C=O) groups is 1. The topological polar surface area (TPSA) is 76.4 Å². The second-order valence-electron chi connectivity index (χ2n) is 4.03. The van der Waals surface area contributed by atoms with Crippen LogP contribution < -0.4 is 21.3 Å². The Labute approximate surface area is 118 Å². The Hall–Kier alpha value is -1.82. The molecule has 0 bridgehead atoms. The first-order valence-electron chi connectivity index (χ1n) is 6.22. The lowest BCUT2D eigenvalue weighted by Gasteiger charge is -2.09. The van der Waals surface area contributed by atoms with E-state index in [1.807, 2.05) is 6.07 Å². The number of hydrogen-bond acceptors (Lipinski definition) is 3. The van der Waals surface area contributed by atoms with Crippen LogP contribution in [0.15, 0.2) is 24.3 Å². The molecule has 1 amide bonds. The minimum atomic E-state index is -0.313. The van der Waals surface area contributed by atoms with Gasteiger partial charge < -0.3 is 10.5 Å². The highest BCUT2D eigenvalue weighted by Crippen LogP contribution is 2.13. The molecule has 0 heterocycles.